The molecule has 0 spiro atoms. The van der Waals surface area contributed by atoms with Gasteiger partial charge in [0.15, 0.2) is 0 Å². The molecule has 7 heteroatoms. The van der Waals surface area contributed by atoms with Crippen molar-refractivity contribution >= 4 is 23.4 Å². The normalized spacial score (nSPS) is 10.6. The number of aromatic nitrogens is 2. The van der Waals surface area contributed by atoms with Gasteiger partial charge in [-0.1, -0.05) is 17.3 Å². The number of hydrogen-bond acceptors (Lipinski definition) is 6. The van der Waals surface area contributed by atoms with Gasteiger partial charge in [0.05, 0.1) is 12.8 Å². The van der Waals surface area contributed by atoms with Crippen LogP contribution >= 0.6 is 11.8 Å². The number of thioether (sulfide) groups is 1. The predicted molar refractivity (Wildman–Crippen MR) is 106 cm³/mol. The summed E-state index contributed by atoms with van der Waals surface area (Å²) >= 11 is 1.61. The summed E-state index contributed by atoms with van der Waals surface area (Å²) in [5.41, 5.74) is 1.70. The van der Waals surface area contributed by atoms with Crippen LogP contribution in [0.4, 0.5) is 5.69 Å². The lowest BCUT2D eigenvalue weighted by Crippen LogP contribution is -2.12. The molecule has 0 saturated carbocycles. The third-order valence-corrected chi connectivity index (χ3v) is 4.79. The number of benzene rings is 2. The Labute approximate surface area is 162 Å². The third kappa shape index (κ3) is 5.10. The summed E-state index contributed by atoms with van der Waals surface area (Å²) in [6.45, 7) is 0. The lowest BCUT2D eigenvalue weighted by atomic mass is 10.2. The number of rotatable bonds is 8. The van der Waals surface area contributed by atoms with E-state index in [0.717, 1.165) is 21.9 Å². The number of amides is 1. The van der Waals surface area contributed by atoms with Crippen molar-refractivity contribution in [2.75, 3.05) is 18.7 Å². The van der Waals surface area contributed by atoms with Gasteiger partial charge in [0.2, 0.25) is 17.6 Å². The fourth-order valence-corrected chi connectivity index (χ4v) is 3.13. The molecule has 0 bridgehead atoms. The van der Waals surface area contributed by atoms with E-state index in [9.17, 15) is 4.79 Å². The van der Waals surface area contributed by atoms with Gasteiger partial charge in [-0.15, -0.1) is 11.8 Å². The highest BCUT2D eigenvalue weighted by atomic mass is 32.2. The first-order chi connectivity index (χ1) is 13.2. The molecule has 0 aliphatic rings. The van der Waals surface area contributed by atoms with Crippen molar-refractivity contribution in [1.29, 1.82) is 0 Å². The maximum absolute atomic E-state index is 12.2. The van der Waals surface area contributed by atoms with Crippen LogP contribution in [0.25, 0.3) is 11.4 Å². The fraction of sp³-hybridized carbons (Fsp3) is 0.250. The summed E-state index contributed by atoms with van der Waals surface area (Å²) in [6, 6.07) is 15.2. The number of hydrogen-bond donors (Lipinski definition) is 1. The van der Waals surface area contributed by atoms with E-state index < -0.39 is 0 Å². The summed E-state index contributed by atoms with van der Waals surface area (Å²) in [5.74, 6) is 1.81. The SMILES string of the molecule is COc1ccc(-c2noc(CCCC(=O)Nc3ccccc3SC)n2)cc1. The van der Waals surface area contributed by atoms with Crippen LogP contribution in [0, 0.1) is 0 Å². The summed E-state index contributed by atoms with van der Waals surface area (Å²) in [7, 11) is 1.62. The summed E-state index contributed by atoms with van der Waals surface area (Å²) < 4.78 is 10.4. The minimum atomic E-state index is -0.0219. The number of anilines is 1. The van der Waals surface area contributed by atoms with Gasteiger partial charge in [-0.3, -0.25) is 4.79 Å². The van der Waals surface area contributed by atoms with E-state index in [1.807, 2.05) is 54.8 Å². The molecule has 1 N–H and O–H groups in total. The summed E-state index contributed by atoms with van der Waals surface area (Å²) in [5, 5.41) is 6.95. The van der Waals surface area contributed by atoms with Crippen molar-refractivity contribution in [3.8, 4) is 17.1 Å². The van der Waals surface area contributed by atoms with Crippen LogP contribution in [0.5, 0.6) is 5.75 Å². The van der Waals surface area contributed by atoms with Gasteiger partial charge in [0.25, 0.3) is 0 Å². The van der Waals surface area contributed by atoms with Crippen molar-refractivity contribution in [3.05, 3.63) is 54.4 Å². The number of nitrogens with one attached hydrogen (secondary N) is 1. The number of nitrogens with zero attached hydrogens (tertiary/aromatic N) is 2. The number of ether oxygens (including phenoxy) is 1. The second-order valence-corrected chi connectivity index (χ2v) is 6.69. The lowest BCUT2D eigenvalue weighted by Gasteiger charge is -2.08. The minimum Gasteiger partial charge on any atom is -0.497 e. The molecule has 6 nitrogen and oxygen atoms in total. The summed E-state index contributed by atoms with van der Waals surface area (Å²) in [4.78, 5) is 17.6. The van der Waals surface area contributed by atoms with E-state index in [1.54, 1.807) is 18.9 Å². The Kier molecular flexibility index (Phi) is 6.49. The quantitative estimate of drug-likeness (QED) is 0.580. The van der Waals surface area contributed by atoms with Crippen LogP contribution in [0.15, 0.2) is 57.9 Å². The van der Waals surface area contributed by atoms with E-state index in [0.29, 0.717) is 31.0 Å². The Bertz CT molecular complexity index is 893. The number of aryl methyl sites for hydroxylation is 1. The first-order valence-corrected chi connectivity index (χ1v) is 9.82. The number of methoxy groups -OCH3 is 1. The zero-order valence-corrected chi connectivity index (χ0v) is 16.1. The Balaban J connectivity index is 1.50. The second-order valence-electron chi connectivity index (χ2n) is 5.84. The van der Waals surface area contributed by atoms with Crippen molar-refractivity contribution in [3.63, 3.8) is 0 Å². The Morgan fingerprint density at radius 1 is 1.19 bits per heavy atom. The maximum atomic E-state index is 12.2. The van der Waals surface area contributed by atoms with E-state index in [4.69, 9.17) is 9.26 Å². The third-order valence-electron chi connectivity index (χ3n) is 3.99. The molecule has 1 heterocycles. The van der Waals surface area contributed by atoms with Crippen LogP contribution in [0.3, 0.4) is 0 Å². The molecule has 0 fully saturated rings. The zero-order valence-electron chi connectivity index (χ0n) is 15.3. The molecule has 1 aromatic heterocycles. The van der Waals surface area contributed by atoms with Crippen LogP contribution in [-0.4, -0.2) is 29.4 Å². The van der Waals surface area contributed by atoms with Crippen LogP contribution in [0.2, 0.25) is 0 Å². The van der Waals surface area contributed by atoms with Gasteiger partial charge < -0.3 is 14.6 Å². The first-order valence-electron chi connectivity index (χ1n) is 8.59. The van der Waals surface area contributed by atoms with Crippen molar-refractivity contribution in [2.24, 2.45) is 0 Å². The lowest BCUT2D eigenvalue weighted by molar-refractivity contribution is -0.116. The Morgan fingerprint density at radius 3 is 2.70 bits per heavy atom. The number of carbonyl (C=O) groups is 1. The van der Waals surface area contributed by atoms with Crippen molar-refractivity contribution in [1.82, 2.24) is 10.1 Å². The first kappa shape index (κ1) is 19.0. The molecule has 0 aliphatic carbocycles. The zero-order chi connectivity index (χ0) is 19.1. The molecule has 0 aliphatic heterocycles. The van der Waals surface area contributed by atoms with Crippen LogP contribution in [0.1, 0.15) is 18.7 Å². The van der Waals surface area contributed by atoms with Gasteiger partial charge in [-0.05, 0) is 49.1 Å². The molecule has 2 aromatic carbocycles. The molecule has 0 radical (unpaired) electrons. The van der Waals surface area contributed by atoms with Crippen molar-refractivity contribution < 1.29 is 14.1 Å². The highest BCUT2D eigenvalue weighted by Crippen LogP contribution is 2.25. The number of carbonyl (C=O) groups excluding carboxylic acids is 1. The molecule has 0 unspecified atom stereocenters. The Morgan fingerprint density at radius 2 is 1.96 bits per heavy atom. The second kappa shape index (κ2) is 9.23. The van der Waals surface area contributed by atoms with E-state index in [-0.39, 0.29) is 5.91 Å². The highest BCUT2D eigenvalue weighted by molar-refractivity contribution is 7.98. The number of para-hydroxylation sites is 1. The average Bonchev–Trinajstić information content (AvgIpc) is 3.17. The largest absolute Gasteiger partial charge is 0.497 e. The van der Waals surface area contributed by atoms with Gasteiger partial charge in [-0.25, -0.2) is 0 Å². The molecule has 140 valence electrons. The van der Waals surface area contributed by atoms with Gasteiger partial charge in [-0.2, -0.15) is 4.98 Å². The van der Waals surface area contributed by atoms with Crippen molar-refractivity contribution in [2.45, 2.75) is 24.2 Å². The van der Waals surface area contributed by atoms with Gasteiger partial charge >= 0.3 is 0 Å². The molecule has 3 rings (SSSR count). The van der Waals surface area contributed by atoms with Gasteiger partial charge in [0, 0.05) is 23.3 Å². The average molecular weight is 383 g/mol. The summed E-state index contributed by atoms with van der Waals surface area (Å²) in [6.07, 6.45) is 3.57. The minimum absolute atomic E-state index is 0.0219. The van der Waals surface area contributed by atoms with Gasteiger partial charge in [0.1, 0.15) is 5.75 Å². The van der Waals surface area contributed by atoms with Crippen LogP contribution < -0.4 is 10.1 Å². The standard InChI is InChI=1S/C20H21N3O3S/c1-25-15-12-10-14(11-13-15)20-22-19(26-23-20)9-5-8-18(24)21-16-6-3-4-7-17(16)27-2/h3-4,6-7,10-13H,5,8-9H2,1-2H3,(H,21,24). The van der Waals surface area contributed by atoms with Crippen LogP contribution in [-0.2, 0) is 11.2 Å². The smallest absolute Gasteiger partial charge is 0.226 e. The molecule has 0 saturated heterocycles. The topological polar surface area (TPSA) is 77.2 Å². The van der Waals surface area contributed by atoms with E-state index >= 15 is 0 Å². The maximum Gasteiger partial charge on any atom is 0.226 e. The molecule has 27 heavy (non-hydrogen) atoms. The van der Waals surface area contributed by atoms with E-state index in [2.05, 4.69) is 15.5 Å². The predicted octanol–water partition coefficient (Wildman–Crippen LogP) is 4.43. The Hall–Kier alpha value is -2.80. The molecular weight excluding hydrogens is 362 g/mol. The van der Waals surface area contributed by atoms with E-state index in [1.165, 1.54) is 0 Å². The highest BCUT2D eigenvalue weighted by Gasteiger charge is 2.11. The monoisotopic (exact) mass is 383 g/mol. The molecule has 1 amide bonds. The fourth-order valence-electron chi connectivity index (χ4n) is 2.57. The molecular formula is C20H21N3O3S. The molecule has 0 atom stereocenters. The molecule has 3 aromatic rings.